The van der Waals surface area contributed by atoms with Crippen LogP contribution < -0.4 is 10.1 Å². The number of hydrogen-bond donors (Lipinski definition) is 2. The van der Waals surface area contributed by atoms with Crippen molar-refractivity contribution in [2.75, 3.05) is 6.54 Å². The van der Waals surface area contributed by atoms with E-state index in [1.54, 1.807) is 12.4 Å². The van der Waals surface area contributed by atoms with Gasteiger partial charge in [0.25, 0.3) is 0 Å². The predicted molar refractivity (Wildman–Crippen MR) is 111 cm³/mol. The lowest BCUT2D eigenvalue weighted by atomic mass is 9.87. The zero-order valence-electron chi connectivity index (χ0n) is 16.1. The summed E-state index contributed by atoms with van der Waals surface area (Å²) in [4.78, 5) is 21.7. The minimum absolute atomic E-state index is 0.0646. The largest absolute Gasteiger partial charge is 0.457 e. The predicted octanol–water partition coefficient (Wildman–Crippen LogP) is 3.46. The van der Waals surface area contributed by atoms with E-state index < -0.39 is 5.92 Å². The van der Waals surface area contributed by atoms with E-state index in [0.717, 1.165) is 16.7 Å². The SMILES string of the molecule is O=C(NCCc1nc(-c2cccnc2)n[nH]1)C1c2ccccc2Oc2ccccc21. The second-order valence-corrected chi connectivity index (χ2v) is 7.00. The van der Waals surface area contributed by atoms with Crippen molar-refractivity contribution in [2.24, 2.45) is 0 Å². The minimum atomic E-state index is -0.410. The van der Waals surface area contributed by atoms with E-state index in [1.165, 1.54) is 0 Å². The molecule has 2 N–H and O–H groups in total. The van der Waals surface area contributed by atoms with Gasteiger partial charge in [-0.05, 0) is 24.3 Å². The quantitative estimate of drug-likeness (QED) is 0.538. The maximum absolute atomic E-state index is 13.1. The maximum Gasteiger partial charge on any atom is 0.232 e. The third kappa shape index (κ3) is 3.41. The molecule has 30 heavy (non-hydrogen) atoms. The molecule has 1 amide bonds. The first-order valence-corrected chi connectivity index (χ1v) is 9.75. The summed E-state index contributed by atoms with van der Waals surface area (Å²) >= 11 is 0. The number of para-hydroxylation sites is 2. The Labute approximate surface area is 173 Å². The number of nitrogens with one attached hydrogen (secondary N) is 2. The number of amides is 1. The molecule has 0 spiro atoms. The van der Waals surface area contributed by atoms with Crippen LogP contribution >= 0.6 is 0 Å². The Morgan fingerprint density at radius 1 is 1.00 bits per heavy atom. The van der Waals surface area contributed by atoms with Crippen molar-refractivity contribution in [2.45, 2.75) is 12.3 Å². The zero-order valence-corrected chi connectivity index (χ0v) is 16.1. The fourth-order valence-corrected chi connectivity index (χ4v) is 3.63. The van der Waals surface area contributed by atoms with Gasteiger partial charge in [0, 0.05) is 42.0 Å². The summed E-state index contributed by atoms with van der Waals surface area (Å²) in [5, 5.41) is 10.2. The molecular weight excluding hydrogens is 378 g/mol. The first kappa shape index (κ1) is 18.1. The van der Waals surface area contributed by atoms with Crippen molar-refractivity contribution in [3.63, 3.8) is 0 Å². The molecule has 2 aromatic carbocycles. The summed E-state index contributed by atoms with van der Waals surface area (Å²) < 4.78 is 5.97. The number of ether oxygens (including phenoxy) is 1. The van der Waals surface area contributed by atoms with Crippen molar-refractivity contribution in [1.82, 2.24) is 25.5 Å². The normalized spacial score (nSPS) is 12.5. The fraction of sp³-hybridized carbons (Fsp3) is 0.130. The number of fused-ring (bicyclic) bond motifs is 2. The highest BCUT2D eigenvalue weighted by Gasteiger charge is 2.32. The van der Waals surface area contributed by atoms with Crippen LogP contribution in [-0.4, -0.2) is 32.6 Å². The van der Waals surface area contributed by atoms with Gasteiger partial charge in [-0.25, -0.2) is 4.98 Å². The molecule has 0 unspecified atom stereocenters. The number of aromatic amines is 1. The number of carbonyl (C=O) groups excluding carboxylic acids is 1. The van der Waals surface area contributed by atoms with Crippen LogP contribution in [-0.2, 0) is 11.2 Å². The summed E-state index contributed by atoms with van der Waals surface area (Å²) in [7, 11) is 0. The third-order valence-electron chi connectivity index (χ3n) is 5.05. The number of benzene rings is 2. The summed E-state index contributed by atoms with van der Waals surface area (Å²) in [6.45, 7) is 0.447. The molecule has 1 aliphatic heterocycles. The molecule has 148 valence electrons. The van der Waals surface area contributed by atoms with Gasteiger partial charge < -0.3 is 10.1 Å². The van der Waals surface area contributed by atoms with Crippen molar-refractivity contribution < 1.29 is 9.53 Å². The molecule has 3 heterocycles. The second-order valence-electron chi connectivity index (χ2n) is 7.00. The van der Waals surface area contributed by atoms with Gasteiger partial charge in [0.1, 0.15) is 17.3 Å². The van der Waals surface area contributed by atoms with E-state index >= 15 is 0 Å². The van der Waals surface area contributed by atoms with Crippen molar-refractivity contribution >= 4 is 5.91 Å². The van der Waals surface area contributed by atoms with Crippen molar-refractivity contribution in [3.8, 4) is 22.9 Å². The molecule has 1 aliphatic rings. The van der Waals surface area contributed by atoms with Crippen molar-refractivity contribution in [1.29, 1.82) is 0 Å². The molecule has 0 saturated carbocycles. The van der Waals surface area contributed by atoms with Crippen LogP contribution in [0.3, 0.4) is 0 Å². The molecule has 7 heteroatoms. The van der Waals surface area contributed by atoms with Crippen LogP contribution in [0.5, 0.6) is 11.5 Å². The van der Waals surface area contributed by atoms with E-state index in [-0.39, 0.29) is 5.91 Å². The number of hydrogen-bond acceptors (Lipinski definition) is 5. The lowest BCUT2D eigenvalue weighted by Crippen LogP contribution is -2.33. The highest BCUT2D eigenvalue weighted by atomic mass is 16.5. The number of pyridine rings is 1. The fourth-order valence-electron chi connectivity index (χ4n) is 3.63. The summed E-state index contributed by atoms with van der Waals surface area (Å²) in [6.07, 6.45) is 3.97. The Kier molecular flexibility index (Phi) is 4.69. The van der Waals surface area contributed by atoms with Gasteiger partial charge in [-0.3, -0.25) is 14.9 Å². The van der Waals surface area contributed by atoms with Gasteiger partial charge in [0.05, 0.1) is 5.92 Å². The maximum atomic E-state index is 13.1. The molecule has 2 aromatic heterocycles. The third-order valence-corrected chi connectivity index (χ3v) is 5.05. The Hall–Kier alpha value is -4.00. The smallest absolute Gasteiger partial charge is 0.232 e. The summed E-state index contributed by atoms with van der Waals surface area (Å²) in [5.41, 5.74) is 2.58. The first-order valence-electron chi connectivity index (χ1n) is 9.75. The average Bonchev–Trinajstić information content (AvgIpc) is 3.27. The molecule has 7 nitrogen and oxygen atoms in total. The molecule has 0 aliphatic carbocycles. The molecule has 0 radical (unpaired) electrons. The lowest BCUT2D eigenvalue weighted by Gasteiger charge is -2.27. The molecule has 0 bridgehead atoms. The lowest BCUT2D eigenvalue weighted by molar-refractivity contribution is -0.121. The van der Waals surface area contributed by atoms with E-state index in [4.69, 9.17) is 4.74 Å². The van der Waals surface area contributed by atoms with E-state index in [2.05, 4.69) is 25.5 Å². The average molecular weight is 397 g/mol. The van der Waals surface area contributed by atoms with Crippen LogP contribution in [0.4, 0.5) is 0 Å². The number of nitrogens with zero attached hydrogens (tertiary/aromatic N) is 3. The van der Waals surface area contributed by atoms with E-state index in [1.807, 2.05) is 60.7 Å². The van der Waals surface area contributed by atoms with Crippen LogP contribution in [0.1, 0.15) is 22.9 Å². The van der Waals surface area contributed by atoms with Gasteiger partial charge >= 0.3 is 0 Å². The molecular formula is C23H19N5O2. The Bertz CT molecular complexity index is 1140. The number of rotatable bonds is 5. The van der Waals surface area contributed by atoms with Crippen LogP contribution in [0, 0.1) is 0 Å². The van der Waals surface area contributed by atoms with Gasteiger partial charge in [-0.15, -0.1) is 0 Å². The van der Waals surface area contributed by atoms with Gasteiger partial charge in [0.2, 0.25) is 5.91 Å². The highest BCUT2D eigenvalue weighted by Crippen LogP contribution is 2.43. The Balaban J connectivity index is 1.29. The Morgan fingerprint density at radius 2 is 1.73 bits per heavy atom. The van der Waals surface area contributed by atoms with Gasteiger partial charge in [-0.2, -0.15) is 5.10 Å². The van der Waals surface area contributed by atoms with Gasteiger partial charge in [0.15, 0.2) is 5.82 Å². The zero-order chi connectivity index (χ0) is 20.3. The van der Waals surface area contributed by atoms with Gasteiger partial charge in [-0.1, -0.05) is 36.4 Å². The van der Waals surface area contributed by atoms with E-state index in [0.29, 0.717) is 36.1 Å². The minimum Gasteiger partial charge on any atom is -0.457 e. The van der Waals surface area contributed by atoms with E-state index in [9.17, 15) is 4.79 Å². The number of H-pyrrole nitrogens is 1. The van der Waals surface area contributed by atoms with Crippen LogP contribution in [0.25, 0.3) is 11.4 Å². The summed E-state index contributed by atoms with van der Waals surface area (Å²) in [6, 6.07) is 19.1. The Morgan fingerprint density at radius 3 is 2.43 bits per heavy atom. The summed E-state index contributed by atoms with van der Waals surface area (Å²) in [5.74, 6) is 2.26. The molecule has 0 atom stereocenters. The molecule has 5 rings (SSSR count). The van der Waals surface area contributed by atoms with Crippen LogP contribution in [0.2, 0.25) is 0 Å². The molecule has 4 aromatic rings. The standard InChI is InChI=1S/C23H19N5O2/c29-23(25-13-11-20-26-22(28-27-20)15-6-5-12-24-14-15)21-16-7-1-3-9-18(16)30-19-10-4-2-8-17(19)21/h1-10,12,14,21H,11,13H2,(H,25,29)(H,26,27,28). The number of aromatic nitrogens is 4. The topological polar surface area (TPSA) is 92.8 Å². The second kappa shape index (κ2) is 7.79. The number of carbonyl (C=O) groups is 1. The van der Waals surface area contributed by atoms with Crippen molar-refractivity contribution in [3.05, 3.63) is 90.0 Å². The highest BCUT2D eigenvalue weighted by molar-refractivity contribution is 5.89. The monoisotopic (exact) mass is 397 g/mol. The van der Waals surface area contributed by atoms with Crippen LogP contribution in [0.15, 0.2) is 73.1 Å². The molecule has 0 saturated heterocycles. The molecule has 0 fully saturated rings. The first-order chi connectivity index (χ1) is 14.8.